The summed E-state index contributed by atoms with van der Waals surface area (Å²) >= 11 is 0. The molecule has 0 saturated carbocycles. The van der Waals surface area contributed by atoms with Crippen LogP contribution in [-0.2, 0) is 13.2 Å². The quantitative estimate of drug-likeness (QED) is 0.382. The van der Waals surface area contributed by atoms with Crippen LogP contribution in [0.25, 0.3) is 38.8 Å². The summed E-state index contributed by atoms with van der Waals surface area (Å²) in [6, 6.07) is 13.3. The fourth-order valence-electron chi connectivity index (χ4n) is 4.13. The van der Waals surface area contributed by atoms with Crippen LogP contribution < -0.4 is 16.3 Å². The van der Waals surface area contributed by atoms with Crippen LogP contribution in [0.1, 0.15) is 5.56 Å². The van der Waals surface area contributed by atoms with Crippen molar-refractivity contribution < 1.29 is 18.0 Å². The van der Waals surface area contributed by atoms with Crippen molar-refractivity contribution in [3.05, 3.63) is 83.0 Å². The highest BCUT2D eigenvalue weighted by atomic mass is 19.4. The smallest absolute Gasteiger partial charge is 0.341 e. The van der Waals surface area contributed by atoms with E-state index in [1.165, 1.54) is 43.1 Å². The first-order chi connectivity index (χ1) is 17.2. The number of aryl methyl sites for hydroxylation is 1. The van der Waals surface area contributed by atoms with Gasteiger partial charge in [-0.25, -0.2) is 14.6 Å². The molecule has 0 saturated heterocycles. The highest BCUT2D eigenvalue weighted by Gasteiger charge is 2.34. The van der Waals surface area contributed by atoms with Crippen LogP contribution in [0.3, 0.4) is 0 Å². The summed E-state index contributed by atoms with van der Waals surface area (Å²) in [6.07, 6.45) is -1.61. The second kappa shape index (κ2) is 8.52. The van der Waals surface area contributed by atoms with E-state index < -0.39 is 23.5 Å². The number of hydrogen-bond donors (Lipinski definition) is 2. The Morgan fingerprint density at radius 1 is 0.972 bits per heavy atom. The number of carbonyl (C=O) groups excluding carboxylic acids is 1. The van der Waals surface area contributed by atoms with Crippen molar-refractivity contribution in [1.29, 1.82) is 0 Å². The normalized spacial score (nSPS) is 11.7. The molecule has 0 radical (unpaired) electrons. The van der Waals surface area contributed by atoms with Crippen LogP contribution in [0.15, 0.2) is 71.8 Å². The molecule has 0 atom stereocenters. The molecule has 182 valence electrons. The topological polar surface area (TPSA) is 93.8 Å². The van der Waals surface area contributed by atoms with Gasteiger partial charge in [-0.2, -0.15) is 13.2 Å². The third kappa shape index (κ3) is 3.84. The first-order valence-corrected chi connectivity index (χ1v) is 10.8. The molecular weight excluding hydrogens is 473 g/mol. The molecule has 2 aromatic carbocycles. The summed E-state index contributed by atoms with van der Waals surface area (Å²) in [7, 11) is 2.99. The third-order valence-electron chi connectivity index (χ3n) is 5.90. The van der Waals surface area contributed by atoms with Gasteiger partial charge in [-0.05, 0) is 42.0 Å². The van der Waals surface area contributed by atoms with Crippen molar-refractivity contribution in [1.82, 2.24) is 24.4 Å². The highest BCUT2D eigenvalue weighted by molar-refractivity contribution is 6.04. The highest BCUT2D eigenvalue weighted by Crippen LogP contribution is 2.36. The maximum Gasteiger partial charge on any atom is 0.418 e. The van der Waals surface area contributed by atoms with Crippen molar-refractivity contribution in [2.24, 2.45) is 7.05 Å². The fourth-order valence-corrected chi connectivity index (χ4v) is 4.13. The van der Waals surface area contributed by atoms with Gasteiger partial charge in [0.15, 0.2) is 0 Å². The number of aromatic nitrogens is 4. The molecule has 0 aliphatic rings. The zero-order valence-corrected chi connectivity index (χ0v) is 19.1. The van der Waals surface area contributed by atoms with Gasteiger partial charge in [0.05, 0.1) is 34.0 Å². The van der Waals surface area contributed by atoms with Gasteiger partial charge in [0.25, 0.3) is 0 Å². The summed E-state index contributed by atoms with van der Waals surface area (Å²) in [5.41, 5.74) is 0.851. The predicted molar refractivity (Wildman–Crippen MR) is 130 cm³/mol. The molecule has 0 aliphatic carbocycles. The average Bonchev–Trinajstić information content (AvgIpc) is 3.13. The number of para-hydroxylation sites is 1. The number of anilines is 1. The molecule has 0 unspecified atom stereocenters. The SMILES string of the molecule is CNC(=O)Nc1ccc(-c2ccc3ncc4c(c3c2)n(-c2ccccc2C(F)(F)F)c(=O)n4C)cn1. The Kier molecular flexibility index (Phi) is 5.47. The van der Waals surface area contributed by atoms with E-state index in [4.69, 9.17) is 0 Å². The minimum atomic E-state index is -4.65. The molecule has 8 nitrogen and oxygen atoms in total. The Labute approximate surface area is 202 Å². The molecule has 36 heavy (non-hydrogen) atoms. The summed E-state index contributed by atoms with van der Waals surface area (Å²) in [5.74, 6) is 0.351. The molecule has 5 aromatic rings. The number of amides is 2. The number of carbonyl (C=O) groups is 1. The van der Waals surface area contributed by atoms with Crippen molar-refractivity contribution in [3.8, 4) is 16.8 Å². The number of benzene rings is 2. The first-order valence-electron chi connectivity index (χ1n) is 10.8. The van der Waals surface area contributed by atoms with E-state index in [0.29, 0.717) is 38.9 Å². The molecule has 0 bridgehead atoms. The van der Waals surface area contributed by atoms with Crippen molar-refractivity contribution >= 4 is 33.8 Å². The minimum absolute atomic E-state index is 0.259. The number of nitrogens with one attached hydrogen (secondary N) is 2. The lowest BCUT2D eigenvalue weighted by molar-refractivity contribution is -0.137. The minimum Gasteiger partial charge on any atom is -0.341 e. The van der Waals surface area contributed by atoms with Crippen LogP contribution in [0.5, 0.6) is 0 Å². The Morgan fingerprint density at radius 2 is 1.72 bits per heavy atom. The third-order valence-corrected chi connectivity index (χ3v) is 5.90. The predicted octanol–water partition coefficient (Wildman–Crippen LogP) is 4.71. The largest absolute Gasteiger partial charge is 0.418 e. The zero-order valence-electron chi connectivity index (χ0n) is 19.1. The van der Waals surface area contributed by atoms with Gasteiger partial charge in [0, 0.05) is 31.2 Å². The molecule has 0 fully saturated rings. The van der Waals surface area contributed by atoms with Gasteiger partial charge >= 0.3 is 17.9 Å². The number of rotatable bonds is 3. The van der Waals surface area contributed by atoms with Gasteiger partial charge in [-0.15, -0.1) is 0 Å². The maximum atomic E-state index is 13.8. The monoisotopic (exact) mass is 492 g/mol. The Morgan fingerprint density at radius 3 is 2.42 bits per heavy atom. The van der Waals surface area contributed by atoms with Crippen LogP contribution >= 0.6 is 0 Å². The van der Waals surface area contributed by atoms with Gasteiger partial charge < -0.3 is 5.32 Å². The Bertz CT molecular complexity index is 1690. The van der Waals surface area contributed by atoms with Crippen LogP contribution in [0.4, 0.5) is 23.8 Å². The molecule has 2 amide bonds. The second-order valence-corrected chi connectivity index (χ2v) is 8.05. The Balaban J connectivity index is 1.74. The number of hydrogen-bond acceptors (Lipinski definition) is 4. The van der Waals surface area contributed by atoms with E-state index in [0.717, 1.165) is 10.6 Å². The average molecular weight is 492 g/mol. The van der Waals surface area contributed by atoms with Crippen molar-refractivity contribution in [2.75, 3.05) is 12.4 Å². The number of fused-ring (bicyclic) bond motifs is 3. The van der Waals surface area contributed by atoms with Crippen molar-refractivity contribution in [3.63, 3.8) is 0 Å². The molecule has 5 rings (SSSR count). The summed E-state index contributed by atoms with van der Waals surface area (Å²) in [6.45, 7) is 0. The molecule has 0 spiro atoms. The lowest BCUT2D eigenvalue weighted by Gasteiger charge is -2.14. The van der Waals surface area contributed by atoms with E-state index in [2.05, 4.69) is 20.6 Å². The number of urea groups is 1. The number of nitrogens with zero attached hydrogens (tertiary/aromatic N) is 4. The van der Waals surface area contributed by atoms with E-state index in [1.54, 1.807) is 36.5 Å². The van der Waals surface area contributed by atoms with E-state index in [9.17, 15) is 22.8 Å². The Hall–Kier alpha value is -4.67. The first kappa shape index (κ1) is 23.1. The van der Waals surface area contributed by atoms with Gasteiger partial charge in [-0.1, -0.05) is 18.2 Å². The van der Waals surface area contributed by atoms with Crippen LogP contribution in [0, 0.1) is 0 Å². The molecular formula is C25H19F3N6O2. The summed E-state index contributed by atoms with van der Waals surface area (Å²) in [4.78, 5) is 33.4. The van der Waals surface area contributed by atoms with E-state index in [1.807, 2.05) is 0 Å². The number of pyridine rings is 2. The summed E-state index contributed by atoms with van der Waals surface area (Å²) < 4.78 is 43.9. The molecule has 3 heterocycles. The standard InChI is InChI=1S/C25H19F3N6O2/c1-29-23(35)32-21-10-8-15(12-31-21)14-7-9-18-16(11-14)22-20(13-30-18)33(2)24(36)34(22)19-6-4-3-5-17(19)25(26,27)28/h3-13H,1-2H3,(H2,29,31,32,35). The molecule has 2 N–H and O–H groups in total. The fraction of sp³-hybridized carbons (Fsp3) is 0.120. The summed E-state index contributed by atoms with van der Waals surface area (Å²) in [5, 5.41) is 5.52. The molecule has 11 heteroatoms. The second-order valence-electron chi connectivity index (χ2n) is 8.05. The lowest BCUT2D eigenvalue weighted by atomic mass is 10.0. The van der Waals surface area contributed by atoms with E-state index >= 15 is 0 Å². The number of imidazole rings is 1. The zero-order chi connectivity index (χ0) is 25.6. The number of halogens is 3. The molecule has 0 aliphatic heterocycles. The van der Waals surface area contributed by atoms with Gasteiger partial charge in [0.1, 0.15) is 5.82 Å². The maximum absolute atomic E-state index is 13.8. The number of alkyl halides is 3. The van der Waals surface area contributed by atoms with E-state index in [-0.39, 0.29) is 5.69 Å². The van der Waals surface area contributed by atoms with Gasteiger partial charge in [-0.3, -0.25) is 19.4 Å². The van der Waals surface area contributed by atoms with Crippen LogP contribution in [0.2, 0.25) is 0 Å². The lowest BCUT2D eigenvalue weighted by Crippen LogP contribution is -2.24. The molecule has 3 aromatic heterocycles. The van der Waals surface area contributed by atoms with Crippen LogP contribution in [-0.4, -0.2) is 32.2 Å². The van der Waals surface area contributed by atoms with Crippen molar-refractivity contribution in [2.45, 2.75) is 6.18 Å². The van der Waals surface area contributed by atoms with Gasteiger partial charge in [0.2, 0.25) is 0 Å².